The molecule has 1 heterocycles. The second-order valence-corrected chi connectivity index (χ2v) is 5.84. The van der Waals surface area contributed by atoms with Crippen molar-refractivity contribution in [3.05, 3.63) is 0 Å². The Morgan fingerprint density at radius 1 is 1.45 bits per heavy atom. The molecule has 1 rings (SSSR count). The van der Waals surface area contributed by atoms with Crippen LogP contribution in [0.1, 0.15) is 46.5 Å². The van der Waals surface area contributed by atoms with Gasteiger partial charge in [-0.3, -0.25) is 9.69 Å². The number of carbonyl (C=O) groups excluding carboxylic acids is 1. The fraction of sp³-hybridized carbons (Fsp3) is 0.812. The van der Waals surface area contributed by atoms with Crippen LogP contribution in [-0.2, 0) is 4.79 Å². The first-order valence-corrected chi connectivity index (χ1v) is 7.65. The van der Waals surface area contributed by atoms with Crippen molar-refractivity contribution >= 4 is 5.91 Å². The number of nitrogens with zero attached hydrogens (tertiary/aromatic N) is 1. The van der Waals surface area contributed by atoms with Gasteiger partial charge in [0.1, 0.15) is 5.54 Å². The highest BCUT2D eigenvalue weighted by atomic mass is 16.3. The van der Waals surface area contributed by atoms with E-state index in [2.05, 4.69) is 16.1 Å². The van der Waals surface area contributed by atoms with Crippen molar-refractivity contribution in [3.8, 4) is 12.3 Å². The number of piperidine rings is 1. The van der Waals surface area contributed by atoms with Crippen LogP contribution in [0, 0.1) is 18.3 Å². The number of amides is 1. The summed E-state index contributed by atoms with van der Waals surface area (Å²) in [6, 6.07) is 0. The van der Waals surface area contributed by atoms with Gasteiger partial charge in [-0.15, -0.1) is 6.42 Å². The SMILES string of the molecule is C#CC(CC)(CC)NC(=O)CN1CCC(C(C)O)CC1. The molecule has 1 aliphatic rings. The summed E-state index contributed by atoms with van der Waals surface area (Å²) in [5.41, 5.74) is -0.505. The summed E-state index contributed by atoms with van der Waals surface area (Å²) < 4.78 is 0. The first-order chi connectivity index (χ1) is 9.46. The van der Waals surface area contributed by atoms with Crippen LogP contribution < -0.4 is 5.32 Å². The van der Waals surface area contributed by atoms with Gasteiger partial charge in [-0.2, -0.15) is 0 Å². The third kappa shape index (κ3) is 4.50. The quantitative estimate of drug-likeness (QED) is 0.723. The predicted molar refractivity (Wildman–Crippen MR) is 81.1 cm³/mol. The van der Waals surface area contributed by atoms with Crippen molar-refractivity contribution < 1.29 is 9.90 Å². The maximum atomic E-state index is 12.1. The van der Waals surface area contributed by atoms with Gasteiger partial charge in [0.15, 0.2) is 0 Å². The van der Waals surface area contributed by atoms with E-state index in [1.807, 2.05) is 20.8 Å². The maximum Gasteiger partial charge on any atom is 0.235 e. The Labute approximate surface area is 122 Å². The monoisotopic (exact) mass is 280 g/mol. The summed E-state index contributed by atoms with van der Waals surface area (Å²) in [6.45, 7) is 7.97. The molecular weight excluding hydrogens is 252 g/mol. The van der Waals surface area contributed by atoms with E-state index in [-0.39, 0.29) is 12.0 Å². The molecule has 0 saturated carbocycles. The minimum atomic E-state index is -0.505. The molecule has 0 aromatic rings. The topological polar surface area (TPSA) is 52.6 Å². The molecule has 1 atom stereocenters. The van der Waals surface area contributed by atoms with Gasteiger partial charge in [0.05, 0.1) is 12.6 Å². The average molecular weight is 280 g/mol. The Kier molecular flexibility index (Phi) is 6.51. The number of terminal acetylenes is 1. The Bertz CT molecular complexity index is 348. The molecule has 1 fully saturated rings. The summed E-state index contributed by atoms with van der Waals surface area (Å²) in [4.78, 5) is 14.3. The van der Waals surface area contributed by atoms with Crippen LogP contribution in [0.2, 0.25) is 0 Å². The predicted octanol–water partition coefficient (Wildman–Crippen LogP) is 1.39. The summed E-state index contributed by atoms with van der Waals surface area (Å²) in [6.07, 6.45) is 8.70. The van der Waals surface area contributed by atoms with Gasteiger partial charge < -0.3 is 10.4 Å². The summed E-state index contributed by atoms with van der Waals surface area (Å²) >= 11 is 0. The lowest BCUT2D eigenvalue weighted by molar-refractivity contribution is -0.124. The molecule has 0 aliphatic carbocycles. The van der Waals surface area contributed by atoms with Crippen molar-refractivity contribution in [1.82, 2.24) is 10.2 Å². The first kappa shape index (κ1) is 17.0. The van der Waals surface area contributed by atoms with Crippen LogP contribution in [0.25, 0.3) is 0 Å². The van der Waals surface area contributed by atoms with E-state index in [4.69, 9.17) is 6.42 Å². The van der Waals surface area contributed by atoms with Gasteiger partial charge in [-0.25, -0.2) is 0 Å². The zero-order valence-electron chi connectivity index (χ0n) is 13.0. The number of aliphatic hydroxyl groups is 1. The van der Waals surface area contributed by atoms with E-state index >= 15 is 0 Å². The van der Waals surface area contributed by atoms with Gasteiger partial charge in [0, 0.05) is 0 Å². The third-order valence-corrected chi connectivity index (χ3v) is 4.54. The average Bonchev–Trinajstić information content (AvgIpc) is 2.45. The summed E-state index contributed by atoms with van der Waals surface area (Å²) in [5, 5.41) is 12.6. The van der Waals surface area contributed by atoms with Crippen LogP contribution in [0.5, 0.6) is 0 Å². The Morgan fingerprint density at radius 3 is 2.40 bits per heavy atom. The molecule has 1 amide bonds. The van der Waals surface area contributed by atoms with Crippen molar-refractivity contribution in [2.45, 2.75) is 58.1 Å². The molecule has 0 aromatic heterocycles. The molecule has 114 valence electrons. The number of aliphatic hydroxyl groups excluding tert-OH is 1. The molecule has 2 N–H and O–H groups in total. The van der Waals surface area contributed by atoms with E-state index in [1.54, 1.807) is 0 Å². The number of hydrogen-bond donors (Lipinski definition) is 2. The van der Waals surface area contributed by atoms with E-state index in [0.717, 1.165) is 38.8 Å². The van der Waals surface area contributed by atoms with Crippen LogP contribution in [0.15, 0.2) is 0 Å². The molecular formula is C16H28N2O2. The van der Waals surface area contributed by atoms with E-state index in [0.29, 0.717) is 12.5 Å². The number of nitrogens with one attached hydrogen (secondary N) is 1. The van der Waals surface area contributed by atoms with Gasteiger partial charge in [0.25, 0.3) is 0 Å². The normalized spacial score (nSPS) is 19.4. The summed E-state index contributed by atoms with van der Waals surface area (Å²) in [5.74, 6) is 3.09. The standard InChI is InChI=1S/C16H28N2O2/c1-5-16(6-2,7-3)17-15(20)12-18-10-8-14(9-11-18)13(4)19/h1,13-14,19H,6-12H2,2-4H3,(H,17,20). The Hall–Kier alpha value is -1.05. The minimum Gasteiger partial charge on any atom is -0.393 e. The number of likely N-dealkylation sites (tertiary alicyclic amines) is 1. The fourth-order valence-corrected chi connectivity index (χ4v) is 2.77. The number of carbonyl (C=O) groups is 1. The minimum absolute atomic E-state index is 0.00199. The molecule has 1 aliphatic heterocycles. The van der Waals surface area contributed by atoms with Crippen molar-refractivity contribution in [3.63, 3.8) is 0 Å². The smallest absolute Gasteiger partial charge is 0.235 e. The lowest BCUT2D eigenvalue weighted by Gasteiger charge is -2.34. The van der Waals surface area contributed by atoms with Crippen LogP contribution >= 0.6 is 0 Å². The van der Waals surface area contributed by atoms with E-state index in [9.17, 15) is 9.90 Å². The Morgan fingerprint density at radius 2 is 2.00 bits per heavy atom. The highest BCUT2D eigenvalue weighted by Crippen LogP contribution is 2.20. The van der Waals surface area contributed by atoms with Crippen LogP contribution in [0.4, 0.5) is 0 Å². The van der Waals surface area contributed by atoms with Crippen LogP contribution in [-0.4, -0.2) is 47.2 Å². The second-order valence-electron chi connectivity index (χ2n) is 5.84. The van der Waals surface area contributed by atoms with Gasteiger partial charge in [-0.1, -0.05) is 19.8 Å². The highest BCUT2D eigenvalue weighted by Gasteiger charge is 2.28. The number of rotatable bonds is 6. The third-order valence-electron chi connectivity index (χ3n) is 4.54. The maximum absolute atomic E-state index is 12.1. The lowest BCUT2D eigenvalue weighted by atomic mass is 9.92. The Balaban J connectivity index is 2.43. The van der Waals surface area contributed by atoms with Crippen molar-refractivity contribution in [1.29, 1.82) is 0 Å². The van der Waals surface area contributed by atoms with Gasteiger partial charge in [-0.05, 0) is 51.6 Å². The van der Waals surface area contributed by atoms with E-state index in [1.165, 1.54) is 0 Å². The largest absolute Gasteiger partial charge is 0.393 e. The molecule has 4 nitrogen and oxygen atoms in total. The molecule has 0 spiro atoms. The zero-order chi connectivity index (χ0) is 15.2. The van der Waals surface area contributed by atoms with Crippen molar-refractivity contribution in [2.24, 2.45) is 5.92 Å². The lowest BCUT2D eigenvalue weighted by Crippen LogP contribution is -2.51. The zero-order valence-corrected chi connectivity index (χ0v) is 13.0. The van der Waals surface area contributed by atoms with Crippen LogP contribution in [0.3, 0.4) is 0 Å². The highest BCUT2D eigenvalue weighted by molar-refractivity contribution is 5.79. The molecule has 1 unspecified atom stereocenters. The first-order valence-electron chi connectivity index (χ1n) is 7.65. The van der Waals surface area contributed by atoms with Gasteiger partial charge >= 0.3 is 0 Å². The molecule has 0 aromatic carbocycles. The van der Waals surface area contributed by atoms with Gasteiger partial charge in [0.2, 0.25) is 5.91 Å². The van der Waals surface area contributed by atoms with Crippen molar-refractivity contribution in [2.75, 3.05) is 19.6 Å². The number of hydrogen-bond acceptors (Lipinski definition) is 3. The molecule has 4 heteroatoms. The second kappa shape index (κ2) is 7.66. The molecule has 20 heavy (non-hydrogen) atoms. The fourth-order valence-electron chi connectivity index (χ4n) is 2.77. The van der Waals surface area contributed by atoms with E-state index < -0.39 is 5.54 Å². The summed E-state index contributed by atoms with van der Waals surface area (Å²) in [7, 11) is 0. The molecule has 1 saturated heterocycles. The molecule has 0 radical (unpaired) electrons. The molecule has 0 bridgehead atoms.